The number of methoxy groups -OCH3 is 1. The quantitative estimate of drug-likeness (QED) is 0.0324. The average Bonchev–Trinajstić information content (AvgIpc) is 4.16. The van der Waals surface area contributed by atoms with E-state index in [1.165, 1.54) is 12.0 Å². The number of carboxylic acids is 3. The number of ether oxygens (including phenoxy) is 3. The lowest BCUT2D eigenvalue weighted by Gasteiger charge is -2.36. The molecule has 6 rings (SSSR count). The molecule has 7 atom stereocenters. The van der Waals surface area contributed by atoms with Crippen LogP contribution in [0.25, 0.3) is 0 Å². The molecule has 3 saturated heterocycles. The van der Waals surface area contributed by atoms with Crippen molar-refractivity contribution in [3.63, 3.8) is 0 Å². The van der Waals surface area contributed by atoms with Gasteiger partial charge in [0, 0.05) is 91.9 Å². The van der Waals surface area contributed by atoms with Crippen LogP contribution in [0.5, 0.6) is 0 Å². The predicted molar refractivity (Wildman–Crippen MR) is 277 cm³/mol. The smallest absolute Gasteiger partial charge is 0.317 e. The van der Waals surface area contributed by atoms with E-state index in [2.05, 4.69) is 26.6 Å². The molecule has 2 unspecified atom stereocenters. The zero-order valence-electron chi connectivity index (χ0n) is 45.0. The number of carbonyl (C=O) groups is 11. The zero-order chi connectivity index (χ0) is 57.3. The van der Waals surface area contributed by atoms with Crippen LogP contribution >= 0.6 is 0 Å². The summed E-state index contributed by atoms with van der Waals surface area (Å²) in [6.45, 7) is 5.79. The molecule has 28 nitrogen and oxygen atoms in total. The number of cyclic esters (lactones) is 1. The van der Waals surface area contributed by atoms with Crippen LogP contribution in [0.4, 0.5) is 5.69 Å². The van der Waals surface area contributed by atoms with E-state index in [9.17, 15) is 68.1 Å². The molecule has 0 bridgehead atoms. The van der Waals surface area contributed by atoms with E-state index in [0.717, 1.165) is 11.1 Å². The Morgan fingerprint density at radius 3 is 1.95 bits per heavy atom. The molecule has 3 fully saturated rings. The Morgan fingerprint density at radius 1 is 0.734 bits per heavy atom. The number of benzene rings is 1. The lowest BCUT2D eigenvalue weighted by molar-refractivity contribution is -0.160. The van der Waals surface area contributed by atoms with E-state index in [1.54, 1.807) is 26.5 Å². The molecule has 0 radical (unpaired) electrons. The van der Waals surface area contributed by atoms with Crippen molar-refractivity contribution in [2.24, 2.45) is 5.92 Å². The van der Waals surface area contributed by atoms with Gasteiger partial charge < -0.3 is 61.0 Å². The highest BCUT2D eigenvalue weighted by molar-refractivity contribution is 6.08. The Labute approximate surface area is 457 Å². The molecule has 1 aromatic rings. The fraction of sp³-hybridized carbons (Fsp3) is 0.667. The van der Waals surface area contributed by atoms with Gasteiger partial charge in [-0.25, -0.2) is 0 Å². The van der Waals surface area contributed by atoms with Crippen LogP contribution in [-0.2, 0) is 79.8 Å². The number of hydrogen-bond acceptors (Lipinski definition) is 18. The summed E-state index contributed by atoms with van der Waals surface area (Å²) >= 11 is 0. The number of aliphatic carboxylic acids is 3. The second-order valence-corrected chi connectivity index (χ2v) is 20.5. The van der Waals surface area contributed by atoms with Crippen molar-refractivity contribution in [1.29, 1.82) is 0 Å². The summed E-state index contributed by atoms with van der Waals surface area (Å²) in [5, 5.41) is 41.6. The fourth-order valence-corrected chi connectivity index (χ4v) is 10.3. The van der Waals surface area contributed by atoms with E-state index in [4.69, 9.17) is 14.2 Å². The number of aryl methyl sites for hydroxylation is 1. The lowest BCUT2D eigenvalue weighted by Crippen LogP contribution is -2.59. The van der Waals surface area contributed by atoms with Gasteiger partial charge in [0.15, 0.2) is 0 Å². The van der Waals surface area contributed by atoms with Crippen molar-refractivity contribution in [1.82, 2.24) is 51.1 Å². The van der Waals surface area contributed by atoms with Crippen LogP contribution in [0.2, 0.25) is 0 Å². The molecule has 5 aliphatic heterocycles. The molecule has 8 N–H and O–H groups in total. The van der Waals surface area contributed by atoms with Gasteiger partial charge in [-0.2, -0.15) is 0 Å². The standard InChI is InChI=1S/C51H75N11O17/c1-4-31(2)45(49(75)54-35-9-8-32-6-5-7-33-24-37(62(46(32)33)50(35)76)48(74)55-36-25-44(72)79-51(36)77-3)56-39(64)30-78-23-12-52-47(73)34(10-11-41(66)67)53-38(63)26-57-19-21-61(22-20-57)40(65)27-58-13-15-59(28-42(68)69)17-18-60(16-14-58)29-43(70)71/h5-7,31,34-37,45,51H,4,8-30H2,1-3H3,(H,52,73)(H,53,63)(H,54,75)(H,55,74)(H,56,64)(H,66,67)(H,68,69)(H,70,71)/t31-,34+,35-,36?,37-,45-,51?/m0/s1. The molecule has 436 valence electrons. The van der Waals surface area contributed by atoms with Gasteiger partial charge in [0.25, 0.3) is 0 Å². The SMILES string of the molecule is CC[C@H](C)[C@H](NC(=O)COCCNC(=O)[C@@H](CCC(=O)O)NC(=O)CN1CCN(C(=O)CN2CCN(CC(=O)O)CCN(CC(=O)O)CC2)CC1)C(=O)N[C@H]1CCc2cccc3c2N(C1=O)[C@H](C(=O)NC1CC(=O)OC1OC)C3. The molecule has 79 heavy (non-hydrogen) atoms. The number of piperazine rings is 1. The highest BCUT2D eigenvalue weighted by Crippen LogP contribution is 2.39. The highest BCUT2D eigenvalue weighted by atomic mass is 16.7. The van der Waals surface area contributed by atoms with Gasteiger partial charge in [-0.1, -0.05) is 38.5 Å². The van der Waals surface area contributed by atoms with Crippen LogP contribution < -0.4 is 31.5 Å². The lowest BCUT2D eigenvalue weighted by atomic mass is 9.97. The molecule has 7 amide bonds. The molecule has 28 heteroatoms. The fourth-order valence-electron chi connectivity index (χ4n) is 10.3. The molecular formula is C51H75N11O17. The monoisotopic (exact) mass is 1110 g/mol. The molecule has 0 aliphatic carbocycles. The molecular weight excluding hydrogens is 1040 g/mol. The summed E-state index contributed by atoms with van der Waals surface area (Å²) in [4.78, 5) is 152. The van der Waals surface area contributed by atoms with Crippen molar-refractivity contribution in [2.75, 3.05) is 123 Å². The third-order valence-corrected chi connectivity index (χ3v) is 14.8. The topological polar surface area (TPSA) is 356 Å². The number of carboxylic acid groups (broad SMARTS) is 3. The first-order chi connectivity index (χ1) is 37.7. The van der Waals surface area contributed by atoms with E-state index in [-0.39, 0.29) is 70.9 Å². The van der Waals surface area contributed by atoms with E-state index in [1.807, 2.05) is 30.0 Å². The predicted octanol–water partition coefficient (Wildman–Crippen LogP) is -3.97. The summed E-state index contributed by atoms with van der Waals surface area (Å²) < 4.78 is 15.9. The minimum Gasteiger partial charge on any atom is -0.481 e. The Kier molecular flexibility index (Phi) is 22.8. The van der Waals surface area contributed by atoms with Crippen LogP contribution in [0.3, 0.4) is 0 Å². The summed E-state index contributed by atoms with van der Waals surface area (Å²) in [5.74, 6) is -7.84. The number of para-hydroxylation sites is 1. The Balaban J connectivity index is 0.935. The van der Waals surface area contributed by atoms with E-state index < -0.39 is 115 Å². The maximum Gasteiger partial charge on any atom is 0.317 e. The molecule has 0 saturated carbocycles. The van der Waals surface area contributed by atoms with Crippen molar-refractivity contribution in [2.45, 2.75) is 95.3 Å². The number of amides is 7. The number of rotatable bonds is 26. The van der Waals surface area contributed by atoms with Crippen molar-refractivity contribution >= 4 is 70.9 Å². The van der Waals surface area contributed by atoms with Crippen LogP contribution in [0.15, 0.2) is 18.2 Å². The van der Waals surface area contributed by atoms with Crippen LogP contribution in [0, 0.1) is 5.92 Å². The third-order valence-electron chi connectivity index (χ3n) is 14.8. The van der Waals surface area contributed by atoms with Crippen molar-refractivity contribution < 1.29 is 82.3 Å². The van der Waals surface area contributed by atoms with Crippen molar-refractivity contribution in [3.05, 3.63) is 29.3 Å². The van der Waals surface area contributed by atoms with Gasteiger partial charge in [0.1, 0.15) is 36.8 Å². The Hall–Kier alpha value is -6.85. The van der Waals surface area contributed by atoms with Crippen molar-refractivity contribution in [3.8, 4) is 0 Å². The average molecular weight is 1110 g/mol. The molecule has 1 aromatic carbocycles. The number of nitrogens with one attached hydrogen (secondary N) is 5. The molecule has 0 aromatic heterocycles. The second kappa shape index (κ2) is 29.4. The highest BCUT2D eigenvalue weighted by Gasteiger charge is 2.46. The first kappa shape index (κ1) is 61.4. The second-order valence-electron chi connectivity index (χ2n) is 20.5. The van der Waals surface area contributed by atoms with E-state index >= 15 is 0 Å². The van der Waals surface area contributed by atoms with Gasteiger partial charge in [0.05, 0.1) is 44.9 Å². The normalized spacial score (nSPS) is 22.4. The van der Waals surface area contributed by atoms with E-state index in [0.29, 0.717) is 84.0 Å². The molecule has 0 spiro atoms. The maximum absolute atomic E-state index is 14.4. The minimum atomic E-state index is -1.22. The van der Waals surface area contributed by atoms with Crippen LogP contribution in [-0.4, -0.2) is 260 Å². The summed E-state index contributed by atoms with van der Waals surface area (Å²) in [5.41, 5.74) is 2.21. The Bertz CT molecular complexity index is 2380. The number of hydrogen-bond donors (Lipinski definition) is 8. The summed E-state index contributed by atoms with van der Waals surface area (Å²) in [7, 11) is 1.35. The number of carbonyl (C=O) groups excluding carboxylic acids is 8. The number of anilines is 1. The first-order valence-corrected chi connectivity index (χ1v) is 26.8. The van der Waals surface area contributed by atoms with Gasteiger partial charge in [-0.3, -0.25) is 77.2 Å². The summed E-state index contributed by atoms with van der Waals surface area (Å²) in [6, 6.07) is 0.422. The zero-order valence-corrected chi connectivity index (χ0v) is 45.0. The maximum atomic E-state index is 14.4. The minimum absolute atomic E-state index is 0.0352. The number of esters is 1. The van der Waals surface area contributed by atoms with Gasteiger partial charge >= 0.3 is 23.9 Å². The van der Waals surface area contributed by atoms with Gasteiger partial charge in [-0.05, 0) is 36.3 Å². The molecule has 5 heterocycles. The first-order valence-electron chi connectivity index (χ1n) is 26.8. The molecule has 5 aliphatic rings. The third kappa shape index (κ3) is 17.8. The van der Waals surface area contributed by atoms with Crippen LogP contribution in [0.1, 0.15) is 57.1 Å². The summed E-state index contributed by atoms with van der Waals surface area (Å²) in [6.07, 6.45) is -0.448. The largest absolute Gasteiger partial charge is 0.481 e. The Morgan fingerprint density at radius 2 is 1.34 bits per heavy atom. The number of nitrogens with zero attached hydrogens (tertiary/aromatic N) is 6. The van der Waals surface area contributed by atoms with Gasteiger partial charge in [0.2, 0.25) is 47.6 Å². The van der Waals surface area contributed by atoms with Gasteiger partial charge in [-0.15, -0.1) is 0 Å².